The average molecular weight is 273 g/mol. The van der Waals surface area contributed by atoms with Crippen molar-refractivity contribution in [3.05, 3.63) is 0 Å². The molecule has 18 heavy (non-hydrogen) atoms. The quantitative estimate of drug-likeness (QED) is 0.566. The number of unbranched alkanes of at least 4 members (excludes halogenated alkanes) is 1. The molecule has 0 aromatic carbocycles. The van der Waals surface area contributed by atoms with Crippen LogP contribution in [-0.4, -0.2) is 34.8 Å². The minimum atomic E-state index is -0.0379. The molecule has 108 valence electrons. The molecule has 0 bridgehead atoms. The standard InChI is InChI=1S/C15H31NOS/c1-13(2)8-11-18-10-5-4-9-15(3,12-17)16-14-6-7-14/h13-14,16-17H,4-12H2,1-3H3. The van der Waals surface area contributed by atoms with Gasteiger partial charge < -0.3 is 10.4 Å². The third kappa shape index (κ3) is 7.65. The highest BCUT2D eigenvalue weighted by atomic mass is 32.2. The second kappa shape index (κ2) is 8.44. The molecule has 1 aliphatic carbocycles. The first-order chi connectivity index (χ1) is 8.56. The average Bonchev–Trinajstić information content (AvgIpc) is 3.11. The third-order valence-corrected chi connectivity index (χ3v) is 4.69. The molecule has 1 saturated carbocycles. The van der Waals surface area contributed by atoms with E-state index in [1.807, 2.05) is 0 Å². The van der Waals surface area contributed by atoms with Crippen molar-refractivity contribution in [1.82, 2.24) is 5.32 Å². The number of thioether (sulfide) groups is 1. The monoisotopic (exact) mass is 273 g/mol. The molecule has 0 aromatic heterocycles. The third-order valence-electron chi connectivity index (χ3n) is 3.59. The van der Waals surface area contributed by atoms with Gasteiger partial charge in [0.1, 0.15) is 0 Å². The van der Waals surface area contributed by atoms with Crippen LogP contribution < -0.4 is 5.32 Å². The molecule has 1 rings (SSSR count). The van der Waals surface area contributed by atoms with E-state index in [0.29, 0.717) is 6.04 Å². The Morgan fingerprint density at radius 1 is 1.28 bits per heavy atom. The SMILES string of the molecule is CC(C)CCSCCCCC(C)(CO)NC1CC1. The van der Waals surface area contributed by atoms with Crippen molar-refractivity contribution >= 4 is 11.8 Å². The first kappa shape index (κ1) is 16.3. The molecule has 0 aliphatic heterocycles. The predicted octanol–water partition coefficient (Wildman–Crippen LogP) is 3.44. The summed E-state index contributed by atoms with van der Waals surface area (Å²) in [5.74, 6) is 3.41. The van der Waals surface area contributed by atoms with Crippen LogP contribution in [0.1, 0.15) is 59.3 Å². The van der Waals surface area contributed by atoms with Gasteiger partial charge in [0, 0.05) is 11.6 Å². The van der Waals surface area contributed by atoms with Gasteiger partial charge in [-0.2, -0.15) is 11.8 Å². The fourth-order valence-corrected chi connectivity index (χ4v) is 3.31. The Kier molecular flexibility index (Phi) is 7.66. The van der Waals surface area contributed by atoms with Crippen molar-refractivity contribution in [2.45, 2.75) is 70.9 Å². The highest BCUT2D eigenvalue weighted by Gasteiger charge is 2.31. The Morgan fingerprint density at radius 3 is 2.56 bits per heavy atom. The molecule has 1 atom stereocenters. The van der Waals surface area contributed by atoms with Crippen LogP contribution in [0, 0.1) is 5.92 Å². The molecule has 0 radical (unpaired) electrons. The van der Waals surface area contributed by atoms with Crippen LogP contribution >= 0.6 is 11.8 Å². The summed E-state index contributed by atoms with van der Waals surface area (Å²) in [5, 5.41) is 13.1. The Labute approximate surface area is 117 Å². The first-order valence-corrected chi connectivity index (χ1v) is 8.67. The fraction of sp³-hybridized carbons (Fsp3) is 1.00. The van der Waals surface area contributed by atoms with Gasteiger partial charge in [-0.15, -0.1) is 0 Å². The van der Waals surface area contributed by atoms with Crippen LogP contribution in [0.25, 0.3) is 0 Å². The summed E-state index contributed by atoms with van der Waals surface area (Å²) in [7, 11) is 0. The van der Waals surface area contributed by atoms with Gasteiger partial charge in [-0.05, 0) is 56.5 Å². The van der Waals surface area contributed by atoms with E-state index >= 15 is 0 Å². The van der Waals surface area contributed by atoms with E-state index in [1.54, 1.807) is 0 Å². The minimum absolute atomic E-state index is 0.0379. The van der Waals surface area contributed by atoms with E-state index in [4.69, 9.17) is 0 Å². The zero-order valence-electron chi connectivity index (χ0n) is 12.4. The van der Waals surface area contributed by atoms with Gasteiger partial charge in [0.05, 0.1) is 6.61 Å². The summed E-state index contributed by atoms with van der Waals surface area (Å²) in [6.45, 7) is 7.01. The lowest BCUT2D eigenvalue weighted by molar-refractivity contribution is 0.161. The largest absolute Gasteiger partial charge is 0.394 e. The normalized spacial score (nSPS) is 19.2. The molecule has 0 heterocycles. The lowest BCUT2D eigenvalue weighted by Gasteiger charge is -2.29. The molecule has 0 amide bonds. The molecule has 0 aromatic rings. The molecule has 2 nitrogen and oxygen atoms in total. The second-order valence-corrected chi connectivity index (χ2v) is 7.61. The molecule has 2 N–H and O–H groups in total. The Balaban J connectivity index is 1.97. The summed E-state index contributed by atoms with van der Waals surface area (Å²) in [6, 6.07) is 0.683. The summed E-state index contributed by atoms with van der Waals surface area (Å²) >= 11 is 2.08. The van der Waals surface area contributed by atoms with E-state index in [0.717, 1.165) is 12.3 Å². The number of nitrogens with one attached hydrogen (secondary N) is 1. The van der Waals surface area contributed by atoms with E-state index in [-0.39, 0.29) is 12.1 Å². The van der Waals surface area contributed by atoms with Gasteiger partial charge in [0.25, 0.3) is 0 Å². The van der Waals surface area contributed by atoms with Gasteiger partial charge in [0.2, 0.25) is 0 Å². The number of aliphatic hydroxyl groups excluding tert-OH is 1. The van der Waals surface area contributed by atoms with Gasteiger partial charge in [0.15, 0.2) is 0 Å². The summed E-state index contributed by atoms with van der Waals surface area (Å²) < 4.78 is 0. The van der Waals surface area contributed by atoms with Crippen molar-refractivity contribution in [1.29, 1.82) is 0 Å². The molecule has 1 unspecified atom stereocenters. The summed E-state index contributed by atoms with van der Waals surface area (Å²) in [5.41, 5.74) is -0.0379. The van der Waals surface area contributed by atoms with E-state index < -0.39 is 0 Å². The molecule has 1 fully saturated rings. The summed E-state index contributed by atoms with van der Waals surface area (Å²) in [6.07, 6.45) is 7.53. The number of hydrogen-bond acceptors (Lipinski definition) is 3. The second-order valence-electron chi connectivity index (χ2n) is 6.39. The molecular weight excluding hydrogens is 242 g/mol. The van der Waals surface area contributed by atoms with Crippen LogP contribution in [0.15, 0.2) is 0 Å². The maximum atomic E-state index is 9.50. The van der Waals surface area contributed by atoms with Crippen LogP contribution in [0.5, 0.6) is 0 Å². The van der Waals surface area contributed by atoms with Gasteiger partial charge in [-0.1, -0.05) is 20.3 Å². The first-order valence-electron chi connectivity index (χ1n) is 7.52. The molecular formula is C15H31NOS. The van der Waals surface area contributed by atoms with Crippen molar-refractivity contribution in [3.8, 4) is 0 Å². The van der Waals surface area contributed by atoms with Gasteiger partial charge in [-0.3, -0.25) is 0 Å². The van der Waals surface area contributed by atoms with Crippen molar-refractivity contribution in [3.63, 3.8) is 0 Å². The van der Waals surface area contributed by atoms with Gasteiger partial charge in [-0.25, -0.2) is 0 Å². The fourth-order valence-electron chi connectivity index (χ4n) is 2.06. The molecule has 1 aliphatic rings. The van der Waals surface area contributed by atoms with Crippen LogP contribution in [0.4, 0.5) is 0 Å². The van der Waals surface area contributed by atoms with Crippen molar-refractivity contribution in [2.75, 3.05) is 18.1 Å². The van der Waals surface area contributed by atoms with E-state index in [1.165, 1.54) is 43.6 Å². The van der Waals surface area contributed by atoms with Gasteiger partial charge >= 0.3 is 0 Å². The maximum Gasteiger partial charge on any atom is 0.0610 e. The molecule has 3 heteroatoms. The zero-order chi connectivity index (χ0) is 13.4. The van der Waals surface area contributed by atoms with Crippen molar-refractivity contribution in [2.24, 2.45) is 5.92 Å². The van der Waals surface area contributed by atoms with Crippen LogP contribution in [0.3, 0.4) is 0 Å². The number of rotatable bonds is 11. The lowest BCUT2D eigenvalue weighted by atomic mass is 9.96. The van der Waals surface area contributed by atoms with Crippen LogP contribution in [-0.2, 0) is 0 Å². The lowest BCUT2D eigenvalue weighted by Crippen LogP contribution is -2.46. The van der Waals surface area contributed by atoms with Crippen molar-refractivity contribution < 1.29 is 5.11 Å². The molecule has 0 spiro atoms. The zero-order valence-corrected chi connectivity index (χ0v) is 13.2. The Hall–Kier alpha value is 0.270. The number of hydrogen-bond donors (Lipinski definition) is 2. The summed E-state index contributed by atoms with van der Waals surface area (Å²) in [4.78, 5) is 0. The highest BCUT2D eigenvalue weighted by Crippen LogP contribution is 2.25. The predicted molar refractivity (Wildman–Crippen MR) is 82.3 cm³/mol. The highest BCUT2D eigenvalue weighted by molar-refractivity contribution is 7.99. The maximum absolute atomic E-state index is 9.50. The Bertz CT molecular complexity index is 219. The molecule has 0 saturated heterocycles. The smallest absolute Gasteiger partial charge is 0.0610 e. The van der Waals surface area contributed by atoms with Crippen LogP contribution in [0.2, 0.25) is 0 Å². The minimum Gasteiger partial charge on any atom is -0.394 e. The number of aliphatic hydroxyl groups is 1. The topological polar surface area (TPSA) is 32.3 Å². The van der Waals surface area contributed by atoms with E-state index in [9.17, 15) is 5.11 Å². The van der Waals surface area contributed by atoms with E-state index in [2.05, 4.69) is 37.8 Å². The Morgan fingerprint density at radius 2 is 2.00 bits per heavy atom.